The lowest BCUT2D eigenvalue weighted by Crippen LogP contribution is -2.44. The normalized spacial score (nSPS) is 17.4. The molecule has 2 N–H and O–H groups in total. The van der Waals surface area contributed by atoms with Crippen molar-refractivity contribution in [3.8, 4) is 11.3 Å². The first-order valence-electron chi connectivity index (χ1n) is 11.0. The summed E-state index contributed by atoms with van der Waals surface area (Å²) in [7, 11) is 1.76. The summed E-state index contributed by atoms with van der Waals surface area (Å²) in [5.74, 6) is -0.235. The van der Waals surface area contributed by atoms with E-state index in [0.717, 1.165) is 42.6 Å². The Balaban J connectivity index is 1.21. The topological polar surface area (TPSA) is 98.4 Å². The van der Waals surface area contributed by atoms with Crippen LogP contribution in [0.25, 0.3) is 11.3 Å². The van der Waals surface area contributed by atoms with Crippen LogP contribution in [0.5, 0.6) is 0 Å². The van der Waals surface area contributed by atoms with Gasteiger partial charge in [-0.05, 0) is 31.7 Å². The molecule has 0 radical (unpaired) electrons. The van der Waals surface area contributed by atoms with E-state index in [-0.39, 0.29) is 30.8 Å². The number of nitrogens with zero attached hydrogens (tertiary/aromatic N) is 3. The Morgan fingerprint density at radius 2 is 1.94 bits per heavy atom. The van der Waals surface area contributed by atoms with Crippen LogP contribution in [0.4, 0.5) is 4.79 Å². The molecule has 164 valence electrons. The van der Waals surface area contributed by atoms with Gasteiger partial charge in [0, 0.05) is 37.8 Å². The molecule has 31 heavy (non-hydrogen) atoms. The number of imide groups is 1. The highest BCUT2D eigenvalue weighted by molar-refractivity contribution is 6.07. The van der Waals surface area contributed by atoms with Crippen LogP contribution in [0.2, 0.25) is 0 Å². The SMILES string of the molecule is CN(CCCc1cc(-c2ccccc2)n[nH]1)C(=O)CCN1C(=O)NC2(CCCC2)C1=O. The van der Waals surface area contributed by atoms with Crippen molar-refractivity contribution in [3.63, 3.8) is 0 Å². The second kappa shape index (κ2) is 8.91. The monoisotopic (exact) mass is 423 g/mol. The summed E-state index contributed by atoms with van der Waals surface area (Å²) in [5, 5.41) is 10.3. The van der Waals surface area contributed by atoms with Gasteiger partial charge in [-0.1, -0.05) is 43.2 Å². The highest BCUT2D eigenvalue weighted by Gasteiger charge is 2.52. The molecule has 1 saturated carbocycles. The van der Waals surface area contributed by atoms with Crippen molar-refractivity contribution < 1.29 is 14.4 Å². The molecule has 8 nitrogen and oxygen atoms in total. The van der Waals surface area contributed by atoms with Gasteiger partial charge < -0.3 is 10.2 Å². The number of urea groups is 1. The number of aryl methyl sites for hydroxylation is 1. The minimum absolute atomic E-state index is 0.0671. The molecule has 1 aliphatic carbocycles. The van der Waals surface area contributed by atoms with Gasteiger partial charge in [0.2, 0.25) is 5.91 Å². The lowest BCUT2D eigenvalue weighted by Gasteiger charge is -2.21. The number of carbonyl (C=O) groups excluding carboxylic acids is 3. The van der Waals surface area contributed by atoms with Crippen LogP contribution in [0.3, 0.4) is 0 Å². The first-order chi connectivity index (χ1) is 15.0. The number of aromatic amines is 1. The molecule has 0 atom stereocenters. The zero-order chi connectivity index (χ0) is 21.8. The molecule has 2 aromatic rings. The van der Waals surface area contributed by atoms with Gasteiger partial charge in [-0.3, -0.25) is 19.6 Å². The average molecular weight is 424 g/mol. The maximum atomic E-state index is 12.7. The molecule has 1 aromatic heterocycles. The van der Waals surface area contributed by atoms with Gasteiger partial charge in [0.05, 0.1) is 5.69 Å². The highest BCUT2D eigenvalue weighted by Crippen LogP contribution is 2.35. The van der Waals surface area contributed by atoms with Gasteiger partial charge in [0.1, 0.15) is 5.54 Å². The molecule has 0 bridgehead atoms. The Morgan fingerprint density at radius 1 is 1.19 bits per heavy atom. The number of hydrogen-bond acceptors (Lipinski definition) is 4. The van der Waals surface area contributed by atoms with E-state index in [9.17, 15) is 14.4 Å². The van der Waals surface area contributed by atoms with Crippen LogP contribution in [-0.2, 0) is 16.0 Å². The zero-order valence-corrected chi connectivity index (χ0v) is 17.9. The third-order valence-electron chi connectivity index (χ3n) is 6.32. The molecule has 4 rings (SSSR count). The van der Waals surface area contributed by atoms with E-state index in [0.29, 0.717) is 19.4 Å². The summed E-state index contributed by atoms with van der Waals surface area (Å²) in [6.07, 6.45) is 5.02. The fourth-order valence-corrected chi connectivity index (χ4v) is 4.47. The van der Waals surface area contributed by atoms with Crippen molar-refractivity contribution in [2.75, 3.05) is 20.1 Å². The molecule has 2 aliphatic rings. The number of amides is 4. The lowest BCUT2D eigenvalue weighted by molar-refractivity contribution is -0.133. The van der Waals surface area contributed by atoms with Gasteiger partial charge in [-0.15, -0.1) is 0 Å². The Morgan fingerprint density at radius 3 is 2.68 bits per heavy atom. The third kappa shape index (κ3) is 4.47. The fourth-order valence-electron chi connectivity index (χ4n) is 4.47. The minimum Gasteiger partial charge on any atom is -0.346 e. The second-order valence-corrected chi connectivity index (χ2v) is 8.49. The maximum Gasteiger partial charge on any atom is 0.325 e. The average Bonchev–Trinajstić information content (AvgIpc) is 3.49. The van der Waals surface area contributed by atoms with E-state index in [1.54, 1.807) is 11.9 Å². The van der Waals surface area contributed by atoms with Crippen molar-refractivity contribution in [1.82, 2.24) is 25.3 Å². The standard InChI is InChI=1S/C23H29N5O3/c1-27(14-7-10-18-16-19(26-25-18)17-8-3-2-4-9-17)20(29)11-15-28-21(30)23(24-22(28)31)12-5-6-13-23/h2-4,8-9,16H,5-7,10-15H2,1H3,(H,24,31)(H,25,26). The van der Waals surface area contributed by atoms with Gasteiger partial charge in [0.25, 0.3) is 5.91 Å². The number of nitrogens with one attached hydrogen (secondary N) is 2. The smallest absolute Gasteiger partial charge is 0.325 e. The van der Waals surface area contributed by atoms with E-state index in [4.69, 9.17) is 0 Å². The number of aromatic nitrogens is 2. The van der Waals surface area contributed by atoms with Crippen molar-refractivity contribution in [2.24, 2.45) is 0 Å². The molecular formula is C23H29N5O3. The van der Waals surface area contributed by atoms with Crippen molar-refractivity contribution in [2.45, 2.75) is 50.5 Å². The van der Waals surface area contributed by atoms with Gasteiger partial charge in [0.15, 0.2) is 0 Å². The summed E-state index contributed by atoms with van der Waals surface area (Å²) in [4.78, 5) is 40.3. The van der Waals surface area contributed by atoms with Crippen molar-refractivity contribution in [3.05, 3.63) is 42.1 Å². The predicted octanol–water partition coefficient (Wildman–Crippen LogP) is 2.72. The molecule has 8 heteroatoms. The molecule has 1 spiro atoms. The summed E-state index contributed by atoms with van der Waals surface area (Å²) in [5.41, 5.74) is 2.29. The van der Waals surface area contributed by atoms with Crippen LogP contribution in [-0.4, -0.2) is 63.5 Å². The molecular weight excluding hydrogens is 394 g/mol. The first-order valence-corrected chi connectivity index (χ1v) is 11.0. The van der Waals surface area contributed by atoms with Crippen LogP contribution in [0.15, 0.2) is 36.4 Å². The predicted molar refractivity (Wildman–Crippen MR) is 116 cm³/mol. The van der Waals surface area contributed by atoms with E-state index in [1.807, 2.05) is 36.4 Å². The third-order valence-corrected chi connectivity index (χ3v) is 6.32. The van der Waals surface area contributed by atoms with Gasteiger partial charge >= 0.3 is 6.03 Å². The van der Waals surface area contributed by atoms with E-state index in [2.05, 4.69) is 15.5 Å². The summed E-state index contributed by atoms with van der Waals surface area (Å²) in [6, 6.07) is 11.7. The molecule has 1 aliphatic heterocycles. The van der Waals surface area contributed by atoms with Crippen LogP contribution >= 0.6 is 0 Å². The van der Waals surface area contributed by atoms with Crippen LogP contribution in [0, 0.1) is 0 Å². The number of benzene rings is 1. The highest BCUT2D eigenvalue weighted by atomic mass is 16.2. The largest absolute Gasteiger partial charge is 0.346 e. The van der Waals surface area contributed by atoms with E-state index < -0.39 is 5.54 Å². The lowest BCUT2D eigenvalue weighted by atomic mass is 9.98. The molecule has 1 saturated heterocycles. The van der Waals surface area contributed by atoms with Crippen molar-refractivity contribution >= 4 is 17.8 Å². The Bertz CT molecular complexity index is 949. The number of H-pyrrole nitrogens is 1. The van der Waals surface area contributed by atoms with Gasteiger partial charge in [-0.25, -0.2) is 4.79 Å². The minimum atomic E-state index is -0.714. The Kier molecular flexibility index (Phi) is 6.06. The molecule has 0 unspecified atom stereocenters. The van der Waals surface area contributed by atoms with Crippen LogP contribution < -0.4 is 5.32 Å². The molecule has 2 heterocycles. The molecule has 2 fully saturated rings. The van der Waals surface area contributed by atoms with Crippen LogP contribution in [0.1, 0.15) is 44.2 Å². The first kappa shape index (κ1) is 21.1. The van der Waals surface area contributed by atoms with E-state index in [1.165, 1.54) is 4.90 Å². The number of carbonyl (C=O) groups is 3. The summed E-state index contributed by atoms with van der Waals surface area (Å²) < 4.78 is 0. The Labute approximate surface area is 182 Å². The maximum absolute atomic E-state index is 12.7. The number of hydrogen-bond donors (Lipinski definition) is 2. The Hall–Kier alpha value is -3.16. The quantitative estimate of drug-likeness (QED) is 0.638. The summed E-state index contributed by atoms with van der Waals surface area (Å²) >= 11 is 0. The fraction of sp³-hybridized carbons (Fsp3) is 0.478. The number of rotatable bonds is 8. The second-order valence-electron chi connectivity index (χ2n) is 8.49. The molecule has 4 amide bonds. The molecule has 1 aromatic carbocycles. The summed E-state index contributed by atoms with van der Waals surface area (Å²) in [6.45, 7) is 0.735. The zero-order valence-electron chi connectivity index (χ0n) is 17.9. The van der Waals surface area contributed by atoms with E-state index >= 15 is 0 Å². The van der Waals surface area contributed by atoms with Crippen molar-refractivity contribution in [1.29, 1.82) is 0 Å². The van der Waals surface area contributed by atoms with Gasteiger partial charge in [-0.2, -0.15) is 5.10 Å².